The largest absolute Gasteiger partial charge is 0.530 e. The van der Waals surface area contributed by atoms with Gasteiger partial charge in [0.25, 0.3) is 0 Å². The number of phosphoric acid groups is 1. The number of phosphoric ester groups is 1. The number of hydrogen-bond acceptors (Lipinski definition) is 4. The second-order valence-electron chi connectivity index (χ2n) is 3.67. The lowest BCUT2D eigenvalue weighted by Gasteiger charge is -2.18. The topological polar surface area (TPSA) is 44.8 Å². The van der Waals surface area contributed by atoms with Gasteiger partial charge in [-0.05, 0) is 25.0 Å². The fourth-order valence-electron chi connectivity index (χ4n) is 1.20. The summed E-state index contributed by atoms with van der Waals surface area (Å²) < 4.78 is 28.2. The van der Waals surface area contributed by atoms with Crippen molar-refractivity contribution in [3.05, 3.63) is 55.6 Å². The zero-order valence-corrected chi connectivity index (χ0v) is 11.8. The Morgan fingerprint density at radius 1 is 1.00 bits per heavy atom. The third-order valence-corrected chi connectivity index (χ3v) is 3.54. The molecule has 0 amide bonds. The molecule has 1 aromatic rings. The Bertz CT molecular complexity index is 412. The molecule has 19 heavy (non-hydrogen) atoms. The van der Waals surface area contributed by atoms with Gasteiger partial charge in [0.05, 0.1) is 13.2 Å². The van der Waals surface area contributed by atoms with E-state index in [1.165, 1.54) is 0 Å². The van der Waals surface area contributed by atoms with Gasteiger partial charge in [0.1, 0.15) is 5.75 Å². The van der Waals surface area contributed by atoms with Gasteiger partial charge in [-0.3, -0.25) is 9.05 Å². The molecule has 0 aliphatic heterocycles. The molecule has 0 N–H and O–H groups in total. The number of rotatable bonds is 10. The van der Waals surface area contributed by atoms with Gasteiger partial charge in [-0.25, -0.2) is 4.57 Å². The second kappa shape index (κ2) is 8.70. The maximum atomic E-state index is 12.4. The fraction of sp³-hybridized carbons (Fsp3) is 0.286. The van der Waals surface area contributed by atoms with Gasteiger partial charge < -0.3 is 4.52 Å². The van der Waals surface area contributed by atoms with Crippen LogP contribution in [0.5, 0.6) is 5.75 Å². The first-order chi connectivity index (χ1) is 9.20. The summed E-state index contributed by atoms with van der Waals surface area (Å²) in [7, 11) is -3.60. The minimum Gasteiger partial charge on any atom is -0.404 e. The predicted molar refractivity (Wildman–Crippen MR) is 76.2 cm³/mol. The minimum absolute atomic E-state index is 0.238. The number of para-hydroxylation sites is 1. The average Bonchev–Trinajstić information content (AvgIpc) is 2.40. The van der Waals surface area contributed by atoms with Gasteiger partial charge in [0, 0.05) is 0 Å². The highest BCUT2D eigenvalue weighted by Crippen LogP contribution is 2.49. The summed E-state index contributed by atoms with van der Waals surface area (Å²) in [4.78, 5) is 0. The quantitative estimate of drug-likeness (QED) is 0.363. The molecule has 0 aliphatic rings. The Morgan fingerprint density at radius 3 is 2.00 bits per heavy atom. The molecule has 1 rings (SSSR count). The van der Waals surface area contributed by atoms with E-state index < -0.39 is 7.82 Å². The molecule has 104 valence electrons. The van der Waals surface area contributed by atoms with Crippen LogP contribution in [0.15, 0.2) is 55.6 Å². The molecule has 0 saturated carbocycles. The van der Waals surface area contributed by atoms with E-state index in [4.69, 9.17) is 13.6 Å². The van der Waals surface area contributed by atoms with Crippen molar-refractivity contribution in [3.63, 3.8) is 0 Å². The van der Waals surface area contributed by atoms with Crippen LogP contribution in [0.25, 0.3) is 0 Å². The van der Waals surface area contributed by atoms with Gasteiger partial charge >= 0.3 is 7.82 Å². The molecule has 0 unspecified atom stereocenters. The van der Waals surface area contributed by atoms with Crippen LogP contribution in [0.2, 0.25) is 0 Å². The molecule has 1 aromatic carbocycles. The van der Waals surface area contributed by atoms with Crippen LogP contribution in [-0.4, -0.2) is 13.2 Å². The van der Waals surface area contributed by atoms with E-state index in [2.05, 4.69) is 13.2 Å². The monoisotopic (exact) mass is 282 g/mol. The summed E-state index contributed by atoms with van der Waals surface area (Å²) in [5.41, 5.74) is 0. The number of benzene rings is 1. The minimum atomic E-state index is -3.60. The van der Waals surface area contributed by atoms with Crippen LogP contribution in [0.1, 0.15) is 12.8 Å². The molecule has 4 nitrogen and oxygen atoms in total. The van der Waals surface area contributed by atoms with E-state index in [0.29, 0.717) is 18.6 Å². The number of hydrogen-bond donors (Lipinski definition) is 0. The van der Waals surface area contributed by atoms with Crippen molar-refractivity contribution < 1.29 is 18.1 Å². The lowest BCUT2D eigenvalue weighted by molar-refractivity contribution is 0.159. The standard InChI is InChI=1S/C14H19O4P/c1-3-5-12-16-19(15,17-13-6-4-2)18-14-10-8-7-9-11-14/h3-4,7-11H,1-2,5-6,12-13H2. The highest BCUT2D eigenvalue weighted by Gasteiger charge is 2.27. The Kier molecular flexibility index (Phi) is 7.19. The molecular formula is C14H19O4P. The molecule has 0 spiro atoms. The summed E-state index contributed by atoms with van der Waals surface area (Å²) in [6.45, 7) is 7.63. The van der Waals surface area contributed by atoms with E-state index in [1.54, 1.807) is 36.4 Å². The smallest absolute Gasteiger partial charge is 0.404 e. The van der Waals surface area contributed by atoms with Crippen molar-refractivity contribution >= 4 is 7.82 Å². The zero-order valence-electron chi connectivity index (χ0n) is 10.9. The summed E-state index contributed by atoms with van der Waals surface area (Å²) in [6, 6.07) is 8.80. The van der Waals surface area contributed by atoms with Gasteiger partial charge in [-0.15, -0.1) is 13.2 Å². The Hall–Kier alpha value is -1.35. The van der Waals surface area contributed by atoms with Gasteiger partial charge in [-0.1, -0.05) is 30.4 Å². The van der Waals surface area contributed by atoms with Crippen molar-refractivity contribution in [1.82, 2.24) is 0 Å². The van der Waals surface area contributed by atoms with Crippen LogP contribution in [0.4, 0.5) is 0 Å². The fourth-order valence-corrected chi connectivity index (χ4v) is 2.41. The summed E-state index contributed by atoms with van der Waals surface area (Å²) in [5, 5.41) is 0. The Morgan fingerprint density at radius 2 is 1.53 bits per heavy atom. The third-order valence-electron chi connectivity index (χ3n) is 2.10. The van der Waals surface area contributed by atoms with Crippen molar-refractivity contribution in [2.45, 2.75) is 12.8 Å². The zero-order chi connectivity index (χ0) is 14.0. The summed E-state index contributed by atoms with van der Waals surface area (Å²) >= 11 is 0. The second-order valence-corrected chi connectivity index (χ2v) is 5.27. The first-order valence-corrected chi connectivity index (χ1v) is 7.52. The van der Waals surface area contributed by atoms with Gasteiger partial charge in [0.2, 0.25) is 0 Å². The lowest BCUT2D eigenvalue weighted by Crippen LogP contribution is -2.04. The maximum absolute atomic E-state index is 12.4. The van der Waals surface area contributed by atoms with Crippen molar-refractivity contribution in [2.75, 3.05) is 13.2 Å². The van der Waals surface area contributed by atoms with Crippen molar-refractivity contribution in [2.24, 2.45) is 0 Å². The molecule has 0 heterocycles. The van der Waals surface area contributed by atoms with E-state index in [1.807, 2.05) is 6.07 Å². The normalized spacial score (nSPS) is 10.9. The Balaban J connectivity index is 2.64. The van der Waals surface area contributed by atoms with Gasteiger partial charge in [-0.2, -0.15) is 0 Å². The molecule has 0 radical (unpaired) electrons. The molecule has 5 heteroatoms. The molecule has 0 aliphatic carbocycles. The van der Waals surface area contributed by atoms with Crippen LogP contribution in [-0.2, 0) is 13.6 Å². The highest BCUT2D eigenvalue weighted by atomic mass is 31.2. The van der Waals surface area contributed by atoms with E-state index >= 15 is 0 Å². The van der Waals surface area contributed by atoms with Crippen LogP contribution in [0, 0.1) is 0 Å². The first kappa shape index (κ1) is 15.7. The van der Waals surface area contributed by atoms with Crippen LogP contribution in [0.3, 0.4) is 0 Å². The maximum Gasteiger partial charge on any atom is 0.530 e. The van der Waals surface area contributed by atoms with Gasteiger partial charge in [0.15, 0.2) is 0 Å². The lowest BCUT2D eigenvalue weighted by atomic mass is 10.3. The van der Waals surface area contributed by atoms with Crippen molar-refractivity contribution in [1.29, 1.82) is 0 Å². The van der Waals surface area contributed by atoms with E-state index in [9.17, 15) is 4.57 Å². The summed E-state index contributed by atoms with van der Waals surface area (Å²) in [6.07, 6.45) is 4.51. The first-order valence-electron chi connectivity index (χ1n) is 6.06. The predicted octanol–water partition coefficient (Wildman–Crippen LogP) is 4.36. The van der Waals surface area contributed by atoms with Crippen LogP contribution < -0.4 is 4.52 Å². The molecule has 0 atom stereocenters. The molecule has 0 aromatic heterocycles. The van der Waals surface area contributed by atoms with E-state index in [-0.39, 0.29) is 13.2 Å². The van der Waals surface area contributed by atoms with Crippen LogP contribution >= 0.6 is 7.82 Å². The molecule has 0 saturated heterocycles. The van der Waals surface area contributed by atoms with E-state index in [0.717, 1.165) is 0 Å². The summed E-state index contributed by atoms with van der Waals surface area (Å²) in [5.74, 6) is 0.447. The average molecular weight is 282 g/mol. The van der Waals surface area contributed by atoms with Crippen molar-refractivity contribution in [3.8, 4) is 5.75 Å². The molecular weight excluding hydrogens is 263 g/mol. The third kappa shape index (κ3) is 6.39. The molecule has 0 bridgehead atoms. The Labute approximate surface area is 114 Å². The molecule has 0 fully saturated rings. The highest BCUT2D eigenvalue weighted by molar-refractivity contribution is 7.48. The SMILES string of the molecule is C=CCCOP(=O)(OCCC=C)Oc1ccccc1.